The standard InChI is InChI=1S/C22H20ClN3O3S/c1-13(15-5-3-6-17(11-15)25-14(2)27)24-21(28)16-8-9-18(23)19(12-16)26-22(29)20-7-4-10-30-20/h3-13H,1-2H3,(H,24,28)(H,25,27)(H,26,29). The van der Waals surface area contributed by atoms with Gasteiger partial charge in [-0.3, -0.25) is 14.4 Å². The molecule has 1 atom stereocenters. The molecule has 0 spiro atoms. The van der Waals surface area contributed by atoms with E-state index in [1.165, 1.54) is 18.3 Å². The molecular weight excluding hydrogens is 422 g/mol. The van der Waals surface area contributed by atoms with E-state index in [1.807, 2.05) is 24.4 Å². The second kappa shape index (κ2) is 9.56. The molecule has 3 amide bonds. The minimum Gasteiger partial charge on any atom is -0.346 e. The average Bonchev–Trinajstić information content (AvgIpc) is 3.24. The van der Waals surface area contributed by atoms with E-state index in [9.17, 15) is 14.4 Å². The van der Waals surface area contributed by atoms with Crippen LogP contribution < -0.4 is 16.0 Å². The number of thiophene rings is 1. The summed E-state index contributed by atoms with van der Waals surface area (Å²) in [4.78, 5) is 36.8. The molecule has 3 aromatic rings. The second-order valence-electron chi connectivity index (χ2n) is 6.63. The van der Waals surface area contributed by atoms with Gasteiger partial charge in [-0.25, -0.2) is 0 Å². The Morgan fingerprint density at radius 1 is 0.967 bits per heavy atom. The van der Waals surface area contributed by atoms with E-state index in [0.29, 0.717) is 26.8 Å². The Kier molecular flexibility index (Phi) is 6.87. The van der Waals surface area contributed by atoms with Crippen LogP contribution in [0.3, 0.4) is 0 Å². The lowest BCUT2D eigenvalue weighted by atomic mass is 10.1. The van der Waals surface area contributed by atoms with Crippen molar-refractivity contribution < 1.29 is 14.4 Å². The lowest BCUT2D eigenvalue weighted by Gasteiger charge is -2.16. The predicted molar refractivity (Wildman–Crippen MR) is 120 cm³/mol. The summed E-state index contributed by atoms with van der Waals surface area (Å²) in [5, 5.41) is 10.5. The molecule has 1 unspecified atom stereocenters. The summed E-state index contributed by atoms with van der Waals surface area (Å²) in [6, 6.07) is 15.2. The average molecular weight is 442 g/mol. The number of carbonyl (C=O) groups excluding carboxylic acids is 3. The Balaban J connectivity index is 1.72. The summed E-state index contributed by atoms with van der Waals surface area (Å²) in [6.07, 6.45) is 0. The molecule has 0 fully saturated rings. The summed E-state index contributed by atoms with van der Waals surface area (Å²) >= 11 is 7.51. The summed E-state index contributed by atoms with van der Waals surface area (Å²) in [7, 11) is 0. The van der Waals surface area contributed by atoms with E-state index in [-0.39, 0.29) is 23.8 Å². The number of anilines is 2. The van der Waals surface area contributed by atoms with Crippen LogP contribution in [0.2, 0.25) is 5.02 Å². The zero-order chi connectivity index (χ0) is 21.7. The fourth-order valence-electron chi connectivity index (χ4n) is 2.81. The van der Waals surface area contributed by atoms with Crippen molar-refractivity contribution in [2.75, 3.05) is 10.6 Å². The first kappa shape index (κ1) is 21.5. The van der Waals surface area contributed by atoms with Crippen molar-refractivity contribution in [3.63, 3.8) is 0 Å². The van der Waals surface area contributed by atoms with E-state index in [4.69, 9.17) is 11.6 Å². The van der Waals surface area contributed by atoms with E-state index in [2.05, 4.69) is 16.0 Å². The maximum absolute atomic E-state index is 12.7. The molecule has 1 aromatic heterocycles. The van der Waals surface area contributed by atoms with Crippen LogP contribution in [0, 0.1) is 0 Å². The van der Waals surface area contributed by atoms with E-state index in [0.717, 1.165) is 5.56 Å². The Morgan fingerprint density at radius 3 is 2.47 bits per heavy atom. The van der Waals surface area contributed by atoms with Crippen LogP contribution in [0.4, 0.5) is 11.4 Å². The van der Waals surface area contributed by atoms with E-state index in [1.54, 1.807) is 42.5 Å². The quantitative estimate of drug-likeness (QED) is 0.497. The minimum absolute atomic E-state index is 0.165. The molecule has 0 aliphatic rings. The smallest absolute Gasteiger partial charge is 0.265 e. The first-order valence-corrected chi connectivity index (χ1v) is 10.4. The van der Waals surface area contributed by atoms with Gasteiger partial charge in [0.1, 0.15) is 0 Å². The molecule has 0 aliphatic heterocycles. The van der Waals surface area contributed by atoms with Gasteiger partial charge in [0.15, 0.2) is 0 Å². The Morgan fingerprint density at radius 2 is 1.77 bits per heavy atom. The third kappa shape index (κ3) is 5.46. The molecular formula is C22H20ClN3O3S. The minimum atomic E-state index is -0.310. The number of benzene rings is 2. The zero-order valence-electron chi connectivity index (χ0n) is 16.4. The topological polar surface area (TPSA) is 87.3 Å². The molecule has 3 rings (SSSR count). The number of nitrogens with one attached hydrogen (secondary N) is 3. The Labute approximate surface area is 183 Å². The van der Waals surface area contributed by atoms with Gasteiger partial charge >= 0.3 is 0 Å². The number of halogens is 1. The highest BCUT2D eigenvalue weighted by molar-refractivity contribution is 7.12. The molecule has 0 saturated carbocycles. The molecule has 0 aliphatic carbocycles. The Bertz CT molecular complexity index is 1080. The third-order valence-electron chi connectivity index (χ3n) is 4.28. The van der Waals surface area contributed by atoms with Crippen LogP contribution in [0.5, 0.6) is 0 Å². The van der Waals surface area contributed by atoms with Crippen molar-refractivity contribution in [3.05, 3.63) is 81.0 Å². The summed E-state index contributed by atoms with van der Waals surface area (Å²) in [5.41, 5.74) is 2.23. The van der Waals surface area contributed by atoms with Gasteiger partial charge in [-0.15, -0.1) is 11.3 Å². The molecule has 154 valence electrons. The molecule has 0 bridgehead atoms. The van der Waals surface area contributed by atoms with Crippen LogP contribution >= 0.6 is 22.9 Å². The molecule has 2 aromatic carbocycles. The second-order valence-corrected chi connectivity index (χ2v) is 7.98. The maximum Gasteiger partial charge on any atom is 0.265 e. The number of carbonyl (C=O) groups is 3. The first-order valence-electron chi connectivity index (χ1n) is 9.16. The van der Waals surface area contributed by atoms with Crippen LogP contribution in [0.15, 0.2) is 60.0 Å². The lowest BCUT2D eigenvalue weighted by molar-refractivity contribution is -0.114. The number of rotatable bonds is 6. The van der Waals surface area contributed by atoms with Crippen LogP contribution in [0.1, 0.15) is 45.5 Å². The van der Waals surface area contributed by atoms with Crippen molar-refractivity contribution in [3.8, 4) is 0 Å². The van der Waals surface area contributed by atoms with Crippen molar-refractivity contribution in [1.29, 1.82) is 0 Å². The molecule has 0 radical (unpaired) electrons. The van der Waals surface area contributed by atoms with Crippen molar-refractivity contribution in [2.45, 2.75) is 19.9 Å². The first-order chi connectivity index (χ1) is 14.3. The lowest BCUT2D eigenvalue weighted by Crippen LogP contribution is -2.27. The predicted octanol–water partition coefficient (Wildman–Crippen LogP) is 5.10. The van der Waals surface area contributed by atoms with Crippen molar-refractivity contribution >= 4 is 52.0 Å². The van der Waals surface area contributed by atoms with Gasteiger partial charge in [0.25, 0.3) is 11.8 Å². The number of hydrogen-bond acceptors (Lipinski definition) is 4. The largest absolute Gasteiger partial charge is 0.346 e. The van der Waals surface area contributed by atoms with Crippen molar-refractivity contribution in [2.24, 2.45) is 0 Å². The van der Waals surface area contributed by atoms with Gasteiger partial charge in [-0.2, -0.15) is 0 Å². The normalized spacial score (nSPS) is 11.4. The van der Waals surface area contributed by atoms with Gasteiger partial charge in [0.05, 0.1) is 21.6 Å². The zero-order valence-corrected chi connectivity index (χ0v) is 17.9. The summed E-state index contributed by atoms with van der Waals surface area (Å²) in [6.45, 7) is 3.29. The van der Waals surface area contributed by atoms with Crippen LogP contribution in [-0.2, 0) is 4.79 Å². The van der Waals surface area contributed by atoms with Gasteiger partial charge in [-0.05, 0) is 54.3 Å². The SMILES string of the molecule is CC(=O)Nc1cccc(C(C)NC(=O)c2ccc(Cl)c(NC(=O)c3cccs3)c2)c1. The fourth-order valence-corrected chi connectivity index (χ4v) is 3.59. The highest BCUT2D eigenvalue weighted by atomic mass is 35.5. The highest BCUT2D eigenvalue weighted by Gasteiger charge is 2.15. The van der Waals surface area contributed by atoms with E-state index < -0.39 is 0 Å². The Hall–Kier alpha value is -3.16. The third-order valence-corrected chi connectivity index (χ3v) is 5.47. The number of amides is 3. The number of hydrogen-bond donors (Lipinski definition) is 3. The highest BCUT2D eigenvalue weighted by Crippen LogP contribution is 2.25. The van der Waals surface area contributed by atoms with Crippen LogP contribution in [0.25, 0.3) is 0 Å². The van der Waals surface area contributed by atoms with Crippen LogP contribution in [-0.4, -0.2) is 17.7 Å². The summed E-state index contributed by atoms with van der Waals surface area (Å²) < 4.78 is 0. The van der Waals surface area contributed by atoms with Gasteiger partial charge in [-0.1, -0.05) is 29.8 Å². The van der Waals surface area contributed by atoms with Crippen molar-refractivity contribution in [1.82, 2.24) is 5.32 Å². The molecule has 8 heteroatoms. The molecule has 30 heavy (non-hydrogen) atoms. The fraction of sp³-hybridized carbons (Fsp3) is 0.136. The monoisotopic (exact) mass is 441 g/mol. The van der Waals surface area contributed by atoms with Gasteiger partial charge in [0.2, 0.25) is 5.91 Å². The maximum atomic E-state index is 12.7. The van der Waals surface area contributed by atoms with Gasteiger partial charge in [0, 0.05) is 18.2 Å². The van der Waals surface area contributed by atoms with Gasteiger partial charge < -0.3 is 16.0 Å². The molecule has 6 nitrogen and oxygen atoms in total. The summed E-state index contributed by atoms with van der Waals surface area (Å²) in [5.74, 6) is -0.759. The van der Waals surface area contributed by atoms with E-state index >= 15 is 0 Å². The molecule has 0 saturated heterocycles. The molecule has 3 N–H and O–H groups in total. The molecule has 1 heterocycles.